The number of benzene rings is 2. The highest BCUT2D eigenvalue weighted by Crippen LogP contribution is 2.44. The number of aliphatic hydroxyl groups is 1. The molecule has 0 bridgehead atoms. The van der Waals surface area contributed by atoms with Crippen molar-refractivity contribution in [2.75, 3.05) is 11.5 Å². The molecule has 9 nitrogen and oxygen atoms in total. The first-order valence-electron chi connectivity index (χ1n) is 12.7. The molecule has 1 N–H and O–H groups in total. The van der Waals surface area contributed by atoms with E-state index in [1.807, 2.05) is 31.2 Å². The third kappa shape index (κ3) is 5.42. The van der Waals surface area contributed by atoms with Crippen molar-refractivity contribution in [2.24, 2.45) is 0 Å². The molecule has 1 atom stereocenters. The molecule has 0 aliphatic carbocycles. The highest BCUT2D eigenvalue weighted by Gasteiger charge is 2.49. The molecular formula is C31H26N2O7S. The Bertz CT molecular complexity index is 1650. The average molecular weight is 571 g/mol. The minimum absolute atomic E-state index is 0.0120. The SMILES string of the molecule is C=CCOC(=O)c1sc(N2C(=O)C(=O)/C(=C(/O)c3ccc(OCc4ccccc4C)cc3)C2c2ccco2)nc1C. The van der Waals surface area contributed by atoms with Gasteiger partial charge in [-0.25, -0.2) is 9.78 Å². The van der Waals surface area contributed by atoms with Crippen LogP contribution in [0.4, 0.5) is 5.13 Å². The van der Waals surface area contributed by atoms with E-state index in [0.717, 1.165) is 27.4 Å². The maximum atomic E-state index is 13.3. The number of aryl methyl sites for hydroxylation is 2. The number of hydrogen-bond donors (Lipinski definition) is 1. The lowest BCUT2D eigenvalue weighted by Gasteiger charge is -2.20. The molecule has 0 spiro atoms. The molecule has 3 heterocycles. The van der Waals surface area contributed by atoms with Crippen LogP contribution in [0.5, 0.6) is 5.75 Å². The summed E-state index contributed by atoms with van der Waals surface area (Å²) in [5, 5.41) is 11.4. The topological polar surface area (TPSA) is 119 Å². The summed E-state index contributed by atoms with van der Waals surface area (Å²) in [6.45, 7) is 7.52. The Morgan fingerprint density at radius 1 is 1.12 bits per heavy atom. The molecule has 1 aliphatic heterocycles. The van der Waals surface area contributed by atoms with Crippen molar-refractivity contribution in [1.82, 2.24) is 4.98 Å². The van der Waals surface area contributed by atoms with Gasteiger partial charge in [-0.1, -0.05) is 48.3 Å². The van der Waals surface area contributed by atoms with Gasteiger partial charge in [-0.2, -0.15) is 0 Å². The van der Waals surface area contributed by atoms with E-state index in [0.29, 0.717) is 23.6 Å². The number of anilines is 1. The number of esters is 1. The van der Waals surface area contributed by atoms with Crippen molar-refractivity contribution in [2.45, 2.75) is 26.5 Å². The Morgan fingerprint density at radius 2 is 1.88 bits per heavy atom. The van der Waals surface area contributed by atoms with E-state index in [2.05, 4.69) is 11.6 Å². The number of ketones is 1. The van der Waals surface area contributed by atoms with E-state index in [-0.39, 0.29) is 33.7 Å². The van der Waals surface area contributed by atoms with Crippen LogP contribution in [0.15, 0.2) is 89.6 Å². The molecule has 5 rings (SSSR count). The standard InChI is InChI=1S/C31H26N2O7S/c1-4-15-39-30(37)28-19(3)32-31(41-28)33-25(23-10-7-16-38-23)24(27(35)29(33)36)26(34)20-11-13-22(14-12-20)40-17-21-9-6-5-8-18(21)2/h4-14,16,25,34H,1,15,17H2,2-3H3/b26-24+. The molecule has 10 heteroatoms. The lowest BCUT2D eigenvalue weighted by atomic mass is 9.99. The highest BCUT2D eigenvalue weighted by molar-refractivity contribution is 7.17. The number of aromatic nitrogens is 1. The van der Waals surface area contributed by atoms with Gasteiger partial charge in [-0.05, 0) is 61.4 Å². The Labute approximate surface area is 240 Å². The quantitative estimate of drug-likeness (QED) is 0.0869. The number of rotatable bonds is 9. The van der Waals surface area contributed by atoms with Gasteiger partial charge in [-0.3, -0.25) is 14.5 Å². The Morgan fingerprint density at radius 3 is 2.56 bits per heavy atom. The first-order chi connectivity index (χ1) is 19.8. The van der Waals surface area contributed by atoms with E-state index >= 15 is 0 Å². The number of carbonyl (C=O) groups is 3. The number of thiazole rings is 1. The van der Waals surface area contributed by atoms with E-state index < -0.39 is 23.7 Å². The van der Waals surface area contributed by atoms with Crippen molar-refractivity contribution < 1.29 is 33.4 Å². The highest BCUT2D eigenvalue weighted by atomic mass is 32.1. The third-order valence-corrected chi connectivity index (χ3v) is 7.69. The molecule has 1 saturated heterocycles. The molecular weight excluding hydrogens is 544 g/mol. The number of amides is 1. The van der Waals surface area contributed by atoms with Crippen molar-refractivity contribution in [3.8, 4) is 5.75 Å². The lowest BCUT2D eigenvalue weighted by molar-refractivity contribution is -0.132. The van der Waals surface area contributed by atoms with E-state index in [1.54, 1.807) is 43.3 Å². The number of aliphatic hydroxyl groups excluding tert-OH is 1. The van der Waals surface area contributed by atoms with Crippen LogP contribution in [0.1, 0.15) is 43.9 Å². The summed E-state index contributed by atoms with van der Waals surface area (Å²) in [5.74, 6) is -2.01. The Kier molecular flexibility index (Phi) is 7.84. The first-order valence-corrected chi connectivity index (χ1v) is 13.5. The summed E-state index contributed by atoms with van der Waals surface area (Å²) >= 11 is 0.909. The Balaban J connectivity index is 1.48. The number of furan rings is 1. The Hall–Kier alpha value is -4.96. The van der Waals surface area contributed by atoms with Gasteiger partial charge in [0.15, 0.2) is 5.13 Å². The smallest absolute Gasteiger partial charge is 0.350 e. The second-order valence-corrected chi connectivity index (χ2v) is 10.2. The van der Waals surface area contributed by atoms with Gasteiger partial charge < -0.3 is 19.0 Å². The van der Waals surface area contributed by atoms with Gasteiger partial charge in [0.05, 0.1) is 17.5 Å². The van der Waals surface area contributed by atoms with E-state index in [1.165, 1.54) is 12.3 Å². The van der Waals surface area contributed by atoms with Crippen molar-refractivity contribution in [3.05, 3.63) is 118 Å². The summed E-state index contributed by atoms with van der Waals surface area (Å²) in [6.07, 6.45) is 2.84. The number of Topliss-reactive ketones (excluding diaryl/α,β-unsaturated/α-hetero) is 1. The van der Waals surface area contributed by atoms with Crippen LogP contribution in [-0.2, 0) is 20.9 Å². The summed E-state index contributed by atoms with van der Waals surface area (Å²) < 4.78 is 16.6. The average Bonchev–Trinajstić information content (AvgIpc) is 3.70. The lowest BCUT2D eigenvalue weighted by Crippen LogP contribution is -2.29. The fraction of sp³-hybridized carbons (Fsp3) is 0.161. The normalized spacial score (nSPS) is 16.1. The number of nitrogens with zero attached hydrogens (tertiary/aromatic N) is 2. The molecule has 4 aromatic rings. The summed E-state index contributed by atoms with van der Waals surface area (Å²) in [4.78, 5) is 44.8. The van der Waals surface area contributed by atoms with Crippen LogP contribution in [0.2, 0.25) is 0 Å². The minimum Gasteiger partial charge on any atom is -0.507 e. The second-order valence-electron chi connectivity index (χ2n) is 9.22. The van der Waals surface area contributed by atoms with Crippen molar-refractivity contribution >= 4 is 39.9 Å². The second kappa shape index (κ2) is 11.6. The molecule has 1 amide bonds. The molecule has 0 radical (unpaired) electrons. The first kappa shape index (κ1) is 27.6. The van der Waals surface area contributed by atoms with Gasteiger partial charge >= 0.3 is 11.9 Å². The van der Waals surface area contributed by atoms with Crippen LogP contribution in [0.25, 0.3) is 5.76 Å². The van der Waals surface area contributed by atoms with E-state index in [4.69, 9.17) is 13.9 Å². The van der Waals surface area contributed by atoms with Crippen molar-refractivity contribution in [1.29, 1.82) is 0 Å². The molecule has 1 aliphatic rings. The number of hydrogen-bond acceptors (Lipinski definition) is 9. The predicted octanol–water partition coefficient (Wildman–Crippen LogP) is 5.90. The number of carbonyl (C=O) groups excluding carboxylic acids is 3. The summed E-state index contributed by atoms with van der Waals surface area (Å²) in [6, 6.07) is 16.6. The van der Waals surface area contributed by atoms with Gasteiger partial charge in [0, 0.05) is 5.56 Å². The van der Waals surface area contributed by atoms with E-state index in [9.17, 15) is 19.5 Å². The fourth-order valence-electron chi connectivity index (χ4n) is 4.42. The van der Waals surface area contributed by atoms with Crippen molar-refractivity contribution in [3.63, 3.8) is 0 Å². The molecule has 41 heavy (non-hydrogen) atoms. The van der Waals surface area contributed by atoms with Crippen LogP contribution in [0, 0.1) is 13.8 Å². The van der Waals surface area contributed by atoms with Gasteiger partial charge in [-0.15, -0.1) is 0 Å². The zero-order chi connectivity index (χ0) is 29.1. The van der Waals surface area contributed by atoms with Gasteiger partial charge in [0.2, 0.25) is 0 Å². The molecule has 208 valence electrons. The molecule has 2 aromatic carbocycles. The monoisotopic (exact) mass is 570 g/mol. The maximum absolute atomic E-state index is 13.3. The number of ether oxygens (including phenoxy) is 2. The molecule has 1 unspecified atom stereocenters. The van der Waals surface area contributed by atoms with Crippen LogP contribution in [0.3, 0.4) is 0 Å². The largest absolute Gasteiger partial charge is 0.507 e. The molecule has 2 aromatic heterocycles. The summed E-state index contributed by atoms with van der Waals surface area (Å²) in [7, 11) is 0. The minimum atomic E-state index is -1.11. The van der Waals surface area contributed by atoms with Crippen LogP contribution in [-0.4, -0.2) is 34.4 Å². The molecule has 1 fully saturated rings. The zero-order valence-corrected chi connectivity index (χ0v) is 23.1. The van der Waals surface area contributed by atoms with Crippen LogP contribution >= 0.6 is 11.3 Å². The summed E-state index contributed by atoms with van der Waals surface area (Å²) in [5.41, 5.74) is 2.64. The van der Waals surface area contributed by atoms with Gasteiger partial charge in [0.1, 0.15) is 41.4 Å². The fourth-order valence-corrected chi connectivity index (χ4v) is 5.41. The zero-order valence-electron chi connectivity index (χ0n) is 22.3. The predicted molar refractivity (Wildman–Crippen MR) is 153 cm³/mol. The maximum Gasteiger partial charge on any atom is 0.350 e. The third-order valence-electron chi connectivity index (χ3n) is 6.55. The molecule has 0 saturated carbocycles. The van der Waals surface area contributed by atoms with Crippen LogP contribution < -0.4 is 9.64 Å². The van der Waals surface area contributed by atoms with Gasteiger partial charge in [0.25, 0.3) is 5.78 Å².